The molecule has 2 amide bonds. The van der Waals surface area contributed by atoms with Gasteiger partial charge in [-0.3, -0.25) is 14.3 Å². The number of benzene rings is 2. The molecule has 0 bridgehead atoms. The number of rotatable bonds is 6. The van der Waals surface area contributed by atoms with Gasteiger partial charge in [-0.1, -0.05) is 37.3 Å². The van der Waals surface area contributed by atoms with Crippen molar-refractivity contribution in [3.63, 3.8) is 0 Å². The van der Waals surface area contributed by atoms with Crippen molar-refractivity contribution in [2.75, 3.05) is 5.32 Å². The van der Waals surface area contributed by atoms with Crippen molar-refractivity contribution in [1.82, 2.24) is 14.8 Å². The quantitative estimate of drug-likeness (QED) is 0.491. The molecule has 0 saturated heterocycles. The highest BCUT2D eigenvalue weighted by Crippen LogP contribution is 2.22. The molecule has 2 aromatic carbocycles. The minimum Gasteiger partial charge on any atom is -0.364 e. The second-order valence-electron chi connectivity index (χ2n) is 7.22. The highest BCUT2D eigenvalue weighted by molar-refractivity contribution is 6.13. The molecule has 0 aliphatic carbocycles. The van der Waals surface area contributed by atoms with Crippen LogP contribution in [0.3, 0.4) is 0 Å². The Morgan fingerprint density at radius 3 is 2.59 bits per heavy atom. The maximum Gasteiger partial charge on any atom is 0.267 e. The summed E-state index contributed by atoms with van der Waals surface area (Å²) in [5, 5.41) is 16.9. The van der Waals surface area contributed by atoms with Gasteiger partial charge in [0.05, 0.1) is 46.8 Å². The Hall–Kier alpha value is -4.51. The number of fused-ring (bicyclic) bond motifs is 1. The SMILES string of the molecule is CCc1c(NC(=O)c2cc(C(N)=O)nc3ccccc23)cnn1Cc1ccc(C#N)cc1. The standard InChI is InChI=1S/C24H20N6O2/c1-2-22-21(13-27-30(22)14-16-9-7-15(12-25)8-10-16)29-24(32)18-11-20(23(26)31)28-19-6-4-3-5-17(18)19/h3-11,13H,2,14H2,1H3,(H2,26,31)(H,29,32). The highest BCUT2D eigenvalue weighted by atomic mass is 16.2. The minimum atomic E-state index is -0.700. The number of carbonyl (C=O) groups excluding carboxylic acids is 2. The number of carbonyl (C=O) groups is 2. The van der Waals surface area contributed by atoms with Gasteiger partial charge in [0.2, 0.25) is 0 Å². The van der Waals surface area contributed by atoms with E-state index >= 15 is 0 Å². The third-order valence-corrected chi connectivity index (χ3v) is 5.16. The molecule has 32 heavy (non-hydrogen) atoms. The topological polar surface area (TPSA) is 127 Å². The number of hydrogen-bond acceptors (Lipinski definition) is 5. The van der Waals surface area contributed by atoms with E-state index in [1.807, 2.05) is 23.7 Å². The molecule has 158 valence electrons. The number of hydrogen-bond donors (Lipinski definition) is 2. The maximum absolute atomic E-state index is 13.2. The summed E-state index contributed by atoms with van der Waals surface area (Å²) in [5.74, 6) is -1.08. The van der Waals surface area contributed by atoms with Crippen molar-refractivity contribution in [1.29, 1.82) is 5.26 Å². The molecule has 0 unspecified atom stereocenters. The van der Waals surface area contributed by atoms with Gasteiger partial charge in [0.25, 0.3) is 11.8 Å². The van der Waals surface area contributed by atoms with Gasteiger partial charge >= 0.3 is 0 Å². The van der Waals surface area contributed by atoms with Gasteiger partial charge in [0.15, 0.2) is 0 Å². The number of nitriles is 1. The molecule has 0 aliphatic rings. The van der Waals surface area contributed by atoms with E-state index in [1.165, 1.54) is 6.07 Å². The number of anilines is 1. The fourth-order valence-corrected chi connectivity index (χ4v) is 3.56. The summed E-state index contributed by atoms with van der Waals surface area (Å²) in [6, 6.07) is 17.9. The fourth-order valence-electron chi connectivity index (χ4n) is 3.56. The van der Waals surface area contributed by atoms with Crippen LogP contribution in [0.5, 0.6) is 0 Å². The van der Waals surface area contributed by atoms with Crippen molar-refractivity contribution in [2.24, 2.45) is 5.73 Å². The molecule has 2 aromatic heterocycles. The monoisotopic (exact) mass is 424 g/mol. The molecule has 0 spiro atoms. The van der Waals surface area contributed by atoms with E-state index in [0.717, 1.165) is 11.3 Å². The predicted octanol–water partition coefficient (Wildman–Crippen LogP) is 3.26. The molecular formula is C24H20N6O2. The van der Waals surface area contributed by atoms with E-state index < -0.39 is 5.91 Å². The van der Waals surface area contributed by atoms with Crippen LogP contribution in [0.15, 0.2) is 60.8 Å². The third kappa shape index (κ3) is 4.04. The number of pyridine rings is 1. The van der Waals surface area contributed by atoms with Crippen LogP contribution < -0.4 is 11.1 Å². The Morgan fingerprint density at radius 2 is 1.91 bits per heavy atom. The van der Waals surface area contributed by atoms with Gasteiger partial charge in [-0.25, -0.2) is 4.98 Å². The van der Waals surface area contributed by atoms with Gasteiger partial charge in [-0.2, -0.15) is 10.4 Å². The van der Waals surface area contributed by atoms with Gasteiger partial charge in [-0.05, 0) is 36.2 Å². The van der Waals surface area contributed by atoms with Crippen LogP contribution in [0.1, 0.15) is 44.6 Å². The van der Waals surface area contributed by atoms with Crippen LogP contribution in [-0.2, 0) is 13.0 Å². The summed E-state index contributed by atoms with van der Waals surface area (Å²) >= 11 is 0. The minimum absolute atomic E-state index is 0.0288. The Balaban J connectivity index is 1.64. The van der Waals surface area contributed by atoms with Crippen LogP contribution in [0, 0.1) is 11.3 Å². The van der Waals surface area contributed by atoms with E-state index in [4.69, 9.17) is 11.0 Å². The highest BCUT2D eigenvalue weighted by Gasteiger charge is 2.18. The van der Waals surface area contributed by atoms with Crippen LogP contribution >= 0.6 is 0 Å². The Labute approximate surface area is 184 Å². The second kappa shape index (κ2) is 8.70. The first kappa shape index (κ1) is 20.8. The first-order valence-electron chi connectivity index (χ1n) is 10.0. The first-order chi connectivity index (χ1) is 15.5. The lowest BCUT2D eigenvalue weighted by Gasteiger charge is -2.11. The molecule has 0 fully saturated rings. The van der Waals surface area contributed by atoms with Crippen LogP contribution in [0.2, 0.25) is 0 Å². The van der Waals surface area contributed by atoms with Crippen molar-refractivity contribution in [3.8, 4) is 6.07 Å². The Kier molecular flexibility index (Phi) is 5.64. The molecule has 0 radical (unpaired) electrons. The number of nitrogens with one attached hydrogen (secondary N) is 1. The molecule has 0 saturated carbocycles. The third-order valence-electron chi connectivity index (χ3n) is 5.16. The first-order valence-corrected chi connectivity index (χ1v) is 10.0. The molecule has 0 atom stereocenters. The summed E-state index contributed by atoms with van der Waals surface area (Å²) < 4.78 is 1.82. The van der Waals surface area contributed by atoms with Crippen LogP contribution in [0.25, 0.3) is 10.9 Å². The lowest BCUT2D eigenvalue weighted by molar-refractivity contribution is 0.0996. The Morgan fingerprint density at radius 1 is 1.16 bits per heavy atom. The number of amides is 2. The van der Waals surface area contributed by atoms with Crippen molar-refractivity contribution in [2.45, 2.75) is 19.9 Å². The molecule has 4 aromatic rings. The average Bonchev–Trinajstić information content (AvgIpc) is 3.19. The lowest BCUT2D eigenvalue weighted by Crippen LogP contribution is -2.18. The zero-order chi connectivity index (χ0) is 22.7. The average molecular weight is 424 g/mol. The van der Waals surface area contributed by atoms with Crippen LogP contribution in [0.4, 0.5) is 5.69 Å². The molecule has 2 heterocycles. The lowest BCUT2D eigenvalue weighted by atomic mass is 10.1. The summed E-state index contributed by atoms with van der Waals surface area (Å²) in [6.07, 6.45) is 2.26. The van der Waals surface area contributed by atoms with Gasteiger partial charge < -0.3 is 11.1 Å². The van der Waals surface area contributed by atoms with E-state index in [2.05, 4.69) is 21.5 Å². The van der Waals surface area contributed by atoms with Crippen molar-refractivity contribution in [3.05, 3.63) is 88.9 Å². The molecule has 8 nitrogen and oxygen atoms in total. The summed E-state index contributed by atoms with van der Waals surface area (Å²) in [6.45, 7) is 2.49. The summed E-state index contributed by atoms with van der Waals surface area (Å²) in [7, 11) is 0. The normalized spacial score (nSPS) is 10.6. The smallest absolute Gasteiger partial charge is 0.267 e. The van der Waals surface area contributed by atoms with E-state index in [0.29, 0.717) is 40.7 Å². The summed E-state index contributed by atoms with van der Waals surface area (Å²) in [4.78, 5) is 29.1. The fraction of sp³-hybridized carbons (Fsp3) is 0.125. The molecule has 3 N–H and O–H groups in total. The number of aromatic nitrogens is 3. The second-order valence-corrected chi connectivity index (χ2v) is 7.22. The van der Waals surface area contributed by atoms with Gasteiger partial charge in [0.1, 0.15) is 5.69 Å². The van der Waals surface area contributed by atoms with Gasteiger partial charge in [-0.15, -0.1) is 0 Å². The maximum atomic E-state index is 13.2. The number of nitrogens with zero attached hydrogens (tertiary/aromatic N) is 4. The van der Waals surface area contributed by atoms with Crippen LogP contribution in [-0.4, -0.2) is 26.6 Å². The molecule has 8 heteroatoms. The number of nitrogens with two attached hydrogens (primary N) is 1. The van der Waals surface area contributed by atoms with E-state index in [-0.39, 0.29) is 11.6 Å². The molecular weight excluding hydrogens is 404 g/mol. The largest absolute Gasteiger partial charge is 0.364 e. The predicted molar refractivity (Wildman–Crippen MR) is 120 cm³/mol. The molecule has 4 rings (SSSR count). The van der Waals surface area contributed by atoms with Crippen molar-refractivity contribution < 1.29 is 9.59 Å². The van der Waals surface area contributed by atoms with E-state index in [9.17, 15) is 9.59 Å². The number of primary amides is 1. The summed E-state index contributed by atoms with van der Waals surface area (Å²) in [5.41, 5.74) is 9.29. The molecule has 0 aliphatic heterocycles. The van der Waals surface area contributed by atoms with Crippen molar-refractivity contribution >= 4 is 28.4 Å². The Bertz CT molecular complexity index is 1370. The van der Waals surface area contributed by atoms with Gasteiger partial charge in [0, 0.05) is 5.39 Å². The number of para-hydroxylation sites is 1. The van der Waals surface area contributed by atoms with E-state index in [1.54, 1.807) is 42.6 Å². The zero-order valence-electron chi connectivity index (χ0n) is 17.4. The zero-order valence-corrected chi connectivity index (χ0v) is 17.4.